The molecule has 1 aliphatic rings. The number of hydrogen-bond donors (Lipinski definition) is 0. The molecule has 0 saturated heterocycles. The molecule has 0 N–H and O–H groups in total. The molecule has 0 amide bonds. The lowest BCUT2D eigenvalue weighted by molar-refractivity contribution is -0.384. The molecule has 3 aromatic rings. The Balaban J connectivity index is 2.09. The summed E-state index contributed by atoms with van der Waals surface area (Å²) in [6, 6.07) is 10.8. The Hall–Kier alpha value is -4.28. The number of nitro benzene ring substituents is 1. The lowest BCUT2D eigenvalue weighted by Crippen LogP contribution is -2.41. The molecule has 2 aromatic carbocycles. The number of hydrogen-bond acceptors (Lipinski definition) is 7. The smallest absolute Gasteiger partial charge is 0.333 e. The van der Waals surface area contributed by atoms with E-state index in [1.807, 2.05) is 0 Å². The molecule has 4 rings (SSSR count). The van der Waals surface area contributed by atoms with Crippen LogP contribution < -0.4 is 21.0 Å². The maximum atomic E-state index is 13.1. The van der Waals surface area contributed by atoms with E-state index in [0.29, 0.717) is 5.56 Å². The Morgan fingerprint density at radius 3 is 2.33 bits per heavy atom. The van der Waals surface area contributed by atoms with Crippen molar-refractivity contribution >= 4 is 11.4 Å². The van der Waals surface area contributed by atoms with Crippen molar-refractivity contribution in [3.8, 4) is 11.6 Å². The molecule has 0 radical (unpaired) electrons. The van der Waals surface area contributed by atoms with Gasteiger partial charge in [-0.05, 0) is 29.8 Å². The molecule has 0 spiro atoms. The summed E-state index contributed by atoms with van der Waals surface area (Å²) >= 11 is 0. The molecule has 0 fully saturated rings. The zero-order chi connectivity index (χ0) is 21.6. The summed E-state index contributed by atoms with van der Waals surface area (Å²) in [4.78, 5) is 48.0. The van der Waals surface area contributed by atoms with Gasteiger partial charge in [0, 0.05) is 26.2 Å². The predicted octanol–water partition coefficient (Wildman–Crippen LogP) is 2.38. The highest BCUT2D eigenvalue weighted by Crippen LogP contribution is 2.45. The number of nitrogens with zero attached hydrogens (tertiary/aromatic N) is 5. The standard InChI is InChI=1S/C19H15N5O6/c1-21-17(25)15-16(11-7-9-12(10-8-11)24(28)29)23(20-27)13-5-3-4-6-14(13)30-18(15)22(2)19(21)26/h3-10,16H,1-2H3. The molecule has 1 unspecified atom stereocenters. The third kappa shape index (κ3) is 2.75. The maximum absolute atomic E-state index is 13.1. The minimum atomic E-state index is -1.08. The van der Waals surface area contributed by atoms with Gasteiger partial charge in [-0.2, -0.15) is 0 Å². The van der Waals surface area contributed by atoms with Gasteiger partial charge in [0.25, 0.3) is 11.2 Å². The van der Waals surface area contributed by atoms with Crippen LogP contribution in [0, 0.1) is 15.0 Å². The third-order valence-corrected chi connectivity index (χ3v) is 4.99. The van der Waals surface area contributed by atoms with Gasteiger partial charge in [-0.3, -0.25) is 24.0 Å². The number of para-hydroxylation sites is 2. The molecule has 11 heteroatoms. The molecular weight excluding hydrogens is 394 g/mol. The van der Waals surface area contributed by atoms with E-state index in [4.69, 9.17) is 4.74 Å². The highest BCUT2D eigenvalue weighted by Gasteiger charge is 2.37. The summed E-state index contributed by atoms with van der Waals surface area (Å²) in [5, 5.41) is 15.2. The van der Waals surface area contributed by atoms with Gasteiger partial charge in [-0.25, -0.2) is 9.80 Å². The van der Waals surface area contributed by atoms with Crippen LogP contribution in [-0.2, 0) is 14.1 Å². The topological polar surface area (TPSA) is 129 Å². The molecule has 152 valence electrons. The summed E-state index contributed by atoms with van der Waals surface area (Å²) in [5.74, 6) is 0.191. The lowest BCUT2D eigenvalue weighted by atomic mass is 9.99. The van der Waals surface area contributed by atoms with E-state index in [-0.39, 0.29) is 28.6 Å². The fraction of sp³-hybridized carbons (Fsp3) is 0.158. The Bertz CT molecular complexity index is 1290. The number of nitroso groups, excluding NO2 is 1. The van der Waals surface area contributed by atoms with Crippen molar-refractivity contribution in [2.24, 2.45) is 19.4 Å². The lowest BCUT2D eigenvalue weighted by Gasteiger charge is -2.25. The van der Waals surface area contributed by atoms with Crippen molar-refractivity contribution in [3.63, 3.8) is 0 Å². The summed E-state index contributed by atoms with van der Waals surface area (Å²) in [6.07, 6.45) is 0. The normalized spacial score (nSPS) is 14.9. The molecule has 1 aliphatic heterocycles. The van der Waals surface area contributed by atoms with Crippen LogP contribution in [0.4, 0.5) is 11.4 Å². The van der Waals surface area contributed by atoms with E-state index in [9.17, 15) is 24.6 Å². The van der Waals surface area contributed by atoms with E-state index in [0.717, 1.165) is 9.58 Å². The number of non-ortho nitro benzene ring substituents is 1. The van der Waals surface area contributed by atoms with Crippen LogP contribution in [0.2, 0.25) is 0 Å². The molecule has 11 nitrogen and oxygen atoms in total. The third-order valence-electron chi connectivity index (χ3n) is 4.99. The molecule has 0 aliphatic carbocycles. The first-order valence-electron chi connectivity index (χ1n) is 8.78. The molecule has 1 atom stereocenters. The van der Waals surface area contributed by atoms with Crippen LogP contribution in [0.3, 0.4) is 0 Å². The van der Waals surface area contributed by atoms with Crippen molar-refractivity contribution in [1.29, 1.82) is 0 Å². The van der Waals surface area contributed by atoms with Crippen LogP contribution in [0.15, 0.2) is 63.4 Å². The summed E-state index contributed by atoms with van der Waals surface area (Å²) in [6.45, 7) is 0. The number of rotatable bonds is 3. The fourth-order valence-electron chi connectivity index (χ4n) is 3.48. The van der Waals surface area contributed by atoms with Crippen LogP contribution >= 0.6 is 0 Å². The van der Waals surface area contributed by atoms with Crippen molar-refractivity contribution in [3.05, 3.63) is 95.5 Å². The minimum absolute atomic E-state index is 0.00394. The Morgan fingerprint density at radius 2 is 1.70 bits per heavy atom. The largest absolute Gasteiger partial charge is 0.438 e. The molecule has 0 saturated carbocycles. The van der Waals surface area contributed by atoms with Gasteiger partial charge < -0.3 is 4.74 Å². The second-order valence-corrected chi connectivity index (χ2v) is 6.67. The van der Waals surface area contributed by atoms with Crippen molar-refractivity contribution in [2.75, 3.05) is 5.01 Å². The van der Waals surface area contributed by atoms with Crippen LogP contribution in [-0.4, -0.2) is 14.1 Å². The van der Waals surface area contributed by atoms with Gasteiger partial charge >= 0.3 is 5.69 Å². The zero-order valence-electron chi connectivity index (χ0n) is 15.9. The average molecular weight is 409 g/mol. The first-order valence-corrected chi connectivity index (χ1v) is 8.78. The van der Waals surface area contributed by atoms with Gasteiger partial charge in [-0.15, -0.1) is 4.91 Å². The number of benzene rings is 2. The van der Waals surface area contributed by atoms with E-state index in [2.05, 4.69) is 5.29 Å². The first-order chi connectivity index (χ1) is 14.3. The number of fused-ring (bicyclic) bond motifs is 2. The minimum Gasteiger partial charge on any atom is -0.438 e. The van der Waals surface area contributed by atoms with Crippen LogP contribution in [0.25, 0.3) is 0 Å². The second kappa shape index (κ2) is 6.95. The molecule has 2 heterocycles. The van der Waals surface area contributed by atoms with Crippen LogP contribution in [0.1, 0.15) is 17.2 Å². The van der Waals surface area contributed by atoms with Crippen molar-refractivity contribution in [2.45, 2.75) is 6.04 Å². The monoisotopic (exact) mass is 409 g/mol. The summed E-state index contributed by atoms with van der Waals surface area (Å²) in [7, 11) is 2.76. The molecule has 0 bridgehead atoms. The SMILES string of the molecule is Cn1c2c(c(=O)n(C)c1=O)C(c1ccc([N+](=O)[O-])cc1)N(N=O)c1ccccc1O2. The van der Waals surface area contributed by atoms with Gasteiger partial charge in [0.15, 0.2) is 5.75 Å². The quantitative estimate of drug-likeness (QED) is 0.369. The van der Waals surface area contributed by atoms with Gasteiger partial charge in [0.05, 0.1) is 10.2 Å². The zero-order valence-corrected chi connectivity index (χ0v) is 15.9. The number of anilines is 1. The molecule has 1 aromatic heterocycles. The van der Waals surface area contributed by atoms with Gasteiger partial charge in [-0.1, -0.05) is 12.1 Å². The number of aromatic nitrogens is 2. The Kier molecular flexibility index (Phi) is 4.42. The van der Waals surface area contributed by atoms with E-state index >= 15 is 0 Å². The van der Waals surface area contributed by atoms with Crippen LogP contribution in [0.5, 0.6) is 11.6 Å². The average Bonchev–Trinajstić information content (AvgIpc) is 2.90. The highest BCUT2D eigenvalue weighted by atomic mass is 16.6. The highest BCUT2D eigenvalue weighted by molar-refractivity contribution is 5.64. The fourth-order valence-corrected chi connectivity index (χ4v) is 3.48. The maximum Gasteiger partial charge on any atom is 0.333 e. The molecular formula is C19H15N5O6. The predicted molar refractivity (Wildman–Crippen MR) is 107 cm³/mol. The van der Waals surface area contributed by atoms with E-state index in [1.54, 1.807) is 24.3 Å². The second-order valence-electron chi connectivity index (χ2n) is 6.67. The van der Waals surface area contributed by atoms with Gasteiger partial charge in [0.2, 0.25) is 5.88 Å². The molecule has 30 heavy (non-hydrogen) atoms. The van der Waals surface area contributed by atoms with E-state index in [1.165, 1.54) is 42.9 Å². The first kappa shape index (κ1) is 19.1. The Labute approximate surface area is 168 Å². The Morgan fingerprint density at radius 1 is 1.03 bits per heavy atom. The van der Waals surface area contributed by atoms with Gasteiger partial charge in [0.1, 0.15) is 17.3 Å². The van der Waals surface area contributed by atoms with Crippen molar-refractivity contribution in [1.82, 2.24) is 9.13 Å². The number of ether oxygens (including phenoxy) is 1. The number of nitro groups is 1. The summed E-state index contributed by atoms with van der Waals surface area (Å²) < 4.78 is 7.97. The van der Waals surface area contributed by atoms with E-state index < -0.39 is 22.2 Å². The van der Waals surface area contributed by atoms with Crippen molar-refractivity contribution < 1.29 is 9.66 Å². The summed E-state index contributed by atoms with van der Waals surface area (Å²) in [5.41, 5.74) is -0.754.